The van der Waals surface area contributed by atoms with Crippen molar-refractivity contribution in [2.24, 2.45) is 0 Å². The summed E-state index contributed by atoms with van der Waals surface area (Å²) in [6.07, 6.45) is -2.46. The van der Waals surface area contributed by atoms with Gasteiger partial charge in [-0.15, -0.1) is 0 Å². The van der Waals surface area contributed by atoms with Crippen molar-refractivity contribution in [1.29, 1.82) is 0 Å². The molecule has 0 bridgehead atoms. The van der Waals surface area contributed by atoms with Gasteiger partial charge in [-0.2, -0.15) is 0 Å². The second kappa shape index (κ2) is 15.4. The largest absolute Gasteiger partial charge is 0.493 e. The molecule has 0 heterocycles. The van der Waals surface area contributed by atoms with Crippen LogP contribution in [0.2, 0.25) is 0 Å². The van der Waals surface area contributed by atoms with Crippen LogP contribution < -0.4 is 9.47 Å². The minimum absolute atomic E-state index is 0.0242. The number of para-hydroxylation sites is 2. The lowest BCUT2D eigenvalue weighted by Gasteiger charge is -2.46. The van der Waals surface area contributed by atoms with E-state index in [2.05, 4.69) is 6.92 Å². The highest BCUT2D eigenvalue weighted by Crippen LogP contribution is 2.37. The predicted octanol–water partition coefficient (Wildman–Crippen LogP) is 2.78. The normalized spacial score (nSPS) is 17.2. The first-order valence-electron chi connectivity index (χ1n) is 13.7. The van der Waals surface area contributed by atoms with Crippen LogP contribution in [0.25, 0.3) is 0 Å². The van der Waals surface area contributed by atoms with Crippen LogP contribution in [0.1, 0.15) is 64.0 Å². The molecule has 0 aliphatic rings. The number of unbranched alkanes of at least 4 members (excludes halogenated alkanes) is 2. The molecule has 6 N–H and O–H groups in total. The van der Waals surface area contributed by atoms with Gasteiger partial charge in [0.2, 0.25) is 0 Å². The Hall–Kier alpha value is -2.20. The maximum Gasteiger partial charge on any atom is 0.126 e. The van der Waals surface area contributed by atoms with Crippen molar-refractivity contribution < 1.29 is 40.1 Å². The average molecular weight is 535 g/mol. The van der Waals surface area contributed by atoms with E-state index in [1.165, 1.54) is 0 Å². The van der Waals surface area contributed by atoms with Gasteiger partial charge < -0.3 is 40.1 Å². The van der Waals surface area contributed by atoms with Gasteiger partial charge in [0.05, 0.1) is 25.4 Å². The minimum Gasteiger partial charge on any atom is -0.493 e. The fourth-order valence-corrected chi connectivity index (χ4v) is 4.55. The lowest BCUT2D eigenvalue weighted by Crippen LogP contribution is -2.66. The summed E-state index contributed by atoms with van der Waals surface area (Å²) in [7, 11) is 0. The van der Waals surface area contributed by atoms with Crippen LogP contribution in [-0.2, 0) is 12.8 Å². The Morgan fingerprint density at radius 3 is 1.66 bits per heavy atom. The lowest BCUT2D eigenvalue weighted by atomic mass is 9.72. The van der Waals surface area contributed by atoms with Crippen LogP contribution in [0, 0.1) is 0 Å². The standard InChI is InChI=1S/C30H46O8/c1-4-7-17-37-25-15-11-9-13-22(25)19-29(35,6-3)28(34)30(36,27(33)24(32)21-31)20-23-14-10-12-16-26(23)38-18-8-5-2/h9-16,24,27-28,31-36H,4-8,17-21H2,1-3H3/t24-,27+,28+,29?,30+/m0/s1. The van der Waals surface area contributed by atoms with Gasteiger partial charge in [0, 0.05) is 12.8 Å². The first-order valence-corrected chi connectivity index (χ1v) is 13.7. The predicted molar refractivity (Wildman–Crippen MR) is 146 cm³/mol. The summed E-state index contributed by atoms with van der Waals surface area (Å²) in [6.45, 7) is 5.87. The molecule has 0 aliphatic heterocycles. The third-order valence-electron chi connectivity index (χ3n) is 7.08. The fourth-order valence-electron chi connectivity index (χ4n) is 4.55. The Morgan fingerprint density at radius 2 is 1.21 bits per heavy atom. The number of hydrogen-bond donors (Lipinski definition) is 6. The van der Waals surface area contributed by atoms with Gasteiger partial charge in [-0.1, -0.05) is 70.0 Å². The number of rotatable bonds is 18. The van der Waals surface area contributed by atoms with Gasteiger partial charge in [0.1, 0.15) is 35.4 Å². The molecule has 38 heavy (non-hydrogen) atoms. The van der Waals surface area contributed by atoms with Crippen molar-refractivity contribution in [2.75, 3.05) is 19.8 Å². The van der Waals surface area contributed by atoms with Gasteiger partial charge in [0.25, 0.3) is 0 Å². The van der Waals surface area contributed by atoms with Gasteiger partial charge in [-0.25, -0.2) is 0 Å². The van der Waals surface area contributed by atoms with Crippen molar-refractivity contribution in [3.63, 3.8) is 0 Å². The summed E-state index contributed by atoms with van der Waals surface area (Å²) in [4.78, 5) is 0. The van der Waals surface area contributed by atoms with E-state index in [0.29, 0.717) is 35.8 Å². The Bertz CT molecular complexity index is 953. The molecule has 0 amide bonds. The zero-order valence-electron chi connectivity index (χ0n) is 22.9. The van der Waals surface area contributed by atoms with E-state index >= 15 is 0 Å². The van der Waals surface area contributed by atoms with Crippen molar-refractivity contribution >= 4 is 0 Å². The fraction of sp³-hybridized carbons (Fsp3) is 0.600. The maximum atomic E-state index is 11.9. The molecule has 8 nitrogen and oxygen atoms in total. The summed E-state index contributed by atoms with van der Waals surface area (Å²) in [5.41, 5.74) is -3.23. The van der Waals surface area contributed by atoms with Crippen molar-refractivity contribution in [3.8, 4) is 11.5 Å². The first kappa shape index (κ1) is 32.0. The van der Waals surface area contributed by atoms with Crippen molar-refractivity contribution in [1.82, 2.24) is 0 Å². The van der Waals surface area contributed by atoms with Gasteiger partial charge in [-0.3, -0.25) is 0 Å². The van der Waals surface area contributed by atoms with Crippen LogP contribution >= 0.6 is 0 Å². The molecule has 0 aliphatic carbocycles. The lowest BCUT2D eigenvalue weighted by molar-refractivity contribution is -0.229. The smallest absolute Gasteiger partial charge is 0.126 e. The summed E-state index contributed by atoms with van der Waals surface area (Å²) in [5.74, 6) is 1.03. The van der Waals surface area contributed by atoms with Gasteiger partial charge in [-0.05, 0) is 42.5 Å². The van der Waals surface area contributed by atoms with Gasteiger partial charge >= 0.3 is 0 Å². The third-order valence-corrected chi connectivity index (χ3v) is 7.08. The molecule has 0 fully saturated rings. The van der Waals surface area contributed by atoms with Crippen LogP contribution in [0.3, 0.4) is 0 Å². The molecule has 2 aromatic carbocycles. The van der Waals surface area contributed by atoms with Crippen LogP contribution in [0.15, 0.2) is 48.5 Å². The summed E-state index contributed by atoms with van der Waals surface area (Å²) in [6, 6.07) is 14.1. The summed E-state index contributed by atoms with van der Waals surface area (Å²) < 4.78 is 11.8. The van der Waals surface area contributed by atoms with Crippen LogP contribution in [-0.4, -0.2) is 80.0 Å². The zero-order valence-corrected chi connectivity index (χ0v) is 22.9. The molecule has 0 saturated carbocycles. The second-order valence-corrected chi connectivity index (χ2v) is 10.0. The van der Waals surface area contributed by atoms with E-state index < -0.39 is 36.1 Å². The zero-order chi connectivity index (χ0) is 28.2. The molecule has 0 spiro atoms. The molecular weight excluding hydrogens is 488 g/mol. The highest BCUT2D eigenvalue weighted by molar-refractivity contribution is 5.37. The molecule has 8 heteroatoms. The Balaban J connectivity index is 2.46. The third kappa shape index (κ3) is 8.15. The number of aliphatic hydroxyl groups excluding tert-OH is 4. The van der Waals surface area contributed by atoms with E-state index in [1.54, 1.807) is 49.4 Å². The van der Waals surface area contributed by atoms with Gasteiger partial charge in [0.15, 0.2) is 0 Å². The highest BCUT2D eigenvalue weighted by Gasteiger charge is 2.54. The summed E-state index contributed by atoms with van der Waals surface area (Å²) in [5, 5.41) is 66.1. The molecule has 0 saturated heterocycles. The van der Waals surface area contributed by atoms with E-state index in [1.807, 2.05) is 13.0 Å². The number of aliphatic hydroxyl groups is 6. The van der Waals surface area contributed by atoms with E-state index in [9.17, 15) is 30.6 Å². The van der Waals surface area contributed by atoms with E-state index in [0.717, 1.165) is 25.7 Å². The minimum atomic E-state index is -2.44. The molecular formula is C30H46O8. The molecule has 0 aromatic heterocycles. The molecule has 2 aromatic rings. The first-order chi connectivity index (χ1) is 18.2. The number of hydrogen-bond acceptors (Lipinski definition) is 8. The van der Waals surface area contributed by atoms with Crippen LogP contribution in [0.5, 0.6) is 11.5 Å². The maximum absolute atomic E-state index is 11.9. The van der Waals surface area contributed by atoms with Crippen molar-refractivity contribution in [2.45, 2.75) is 95.2 Å². The molecule has 5 atom stereocenters. The van der Waals surface area contributed by atoms with E-state index in [-0.39, 0.29) is 19.3 Å². The second-order valence-electron chi connectivity index (χ2n) is 10.0. The van der Waals surface area contributed by atoms with Crippen molar-refractivity contribution in [3.05, 3.63) is 59.7 Å². The molecule has 2 rings (SSSR count). The topological polar surface area (TPSA) is 140 Å². The quantitative estimate of drug-likeness (QED) is 0.161. The summed E-state index contributed by atoms with van der Waals surface area (Å²) >= 11 is 0. The Morgan fingerprint density at radius 1 is 0.737 bits per heavy atom. The average Bonchev–Trinajstić information content (AvgIpc) is 2.93. The highest BCUT2D eigenvalue weighted by atomic mass is 16.5. The Kier molecular flexibility index (Phi) is 13.0. The van der Waals surface area contributed by atoms with E-state index in [4.69, 9.17) is 9.47 Å². The van der Waals surface area contributed by atoms with Crippen LogP contribution in [0.4, 0.5) is 0 Å². The molecule has 0 radical (unpaired) electrons. The molecule has 1 unspecified atom stereocenters. The Labute approximate surface area is 226 Å². The SMILES string of the molecule is CCCCOc1ccccc1CC(O)(CC)[C@@H](O)[C@@](O)(Cc1ccccc1OCCCC)[C@H](O)[C@@H](O)CO. The number of ether oxygens (including phenoxy) is 2. The molecule has 214 valence electrons. The monoisotopic (exact) mass is 534 g/mol. The number of benzene rings is 2.